The van der Waals surface area contributed by atoms with Crippen LogP contribution in [0.1, 0.15) is 25.3 Å². The predicted octanol–water partition coefficient (Wildman–Crippen LogP) is 4.83. The highest BCUT2D eigenvalue weighted by Crippen LogP contribution is 2.40. The van der Waals surface area contributed by atoms with E-state index in [4.69, 9.17) is 23.2 Å². The number of rotatable bonds is 5. The van der Waals surface area contributed by atoms with Gasteiger partial charge in [-0.05, 0) is 62.7 Å². The monoisotopic (exact) mass is 417 g/mol. The minimum Gasteiger partial charge on any atom is -0.365 e. The molecular weight excluding hydrogens is 393 g/mol. The van der Waals surface area contributed by atoms with Gasteiger partial charge in [0, 0.05) is 35.7 Å². The van der Waals surface area contributed by atoms with Gasteiger partial charge in [-0.3, -0.25) is 9.69 Å². The number of halogens is 2. The molecule has 1 unspecified atom stereocenters. The van der Waals surface area contributed by atoms with Gasteiger partial charge in [-0.2, -0.15) is 0 Å². The molecular formula is C22H25Cl2N3O. The smallest absolute Gasteiger partial charge is 0.244 e. The van der Waals surface area contributed by atoms with Gasteiger partial charge in [0.1, 0.15) is 0 Å². The minimum absolute atomic E-state index is 0.114. The van der Waals surface area contributed by atoms with E-state index >= 15 is 0 Å². The third-order valence-corrected chi connectivity index (χ3v) is 6.35. The third kappa shape index (κ3) is 3.86. The number of anilines is 2. The number of likely N-dealkylation sites (N-methyl/N-ethyl adjacent to an activating group) is 1. The van der Waals surface area contributed by atoms with Gasteiger partial charge in [-0.15, -0.1) is 0 Å². The van der Waals surface area contributed by atoms with E-state index in [-0.39, 0.29) is 11.9 Å². The Bertz CT molecular complexity index is 884. The Morgan fingerprint density at radius 3 is 2.57 bits per heavy atom. The van der Waals surface area contributed by atoms with Crippen molar-refractivity contribution in [3.05, 3.63) is 58.1 Å². The molecule has 2 aromatic rings. The number of nitrogens with zero attached hydrogens (tertiary/aromatic N) is 3. The summed E-state index contributed by atoms with van der Waals surface area (Å²) in [5.74, 6) is 0.114. The van der Waals surface area contributed by atoms with Crippen LogP contribution in [0.3, 0.4) is 0 Å². The molecule has 2 aliphatic rings. The van der Waals surface area contributed by atoms with Crippen LogP contribution in [-0.4, -0.2) is 43.0 Å². The lowest BCUT2D eigenvalue weighted by molar-refractivity contribution is -0.123. The summed E-state index contributed by atoms with van der Waals surface area (Å²) in [6.45, 7) is 4.14. The Morgan fingerprint density at radius 2 is 1.86 bits per heavy atom. The van der Waals surface area contributed by atoms with Crippen molar-refractivity contribution in [3.8, 4) is 0 Å². The standard InChI is InChI=1S/C22H25Cl2N3O/c1-15(25(2)14-16-13-17(23)7-10-19(16)24)22(28)27-12-11-26(18-8-9-18)20-5-3-4-6-21(20)27/h3-7,10,13,15,18H,8-9,11-12,14H2,1-2H3. The first kappa shape index (κ1) is 19.6. The molecule has 0 bridgehead atoms. The van der Waals surface area contributed by atoms with Crippen LogP contribution < -0.4 is 9.80 Å². The first-order valence-corrected chi connectivity index (χ1v) is 10.5. The summed E-state index contributed by atoms with van der Waals surface area (Å²) in [4.78, 5) is 19.8. The first-order chi connectivity index (χ1) is 13.5. The second kappa shape index (κ2) is 7.94. The molecule has 0 aromatic heterocycles. The van der Waals surface area contributed by atoms with E-state index in [0.29, 0.717) is 22.6 Å². The van der Waals surface area contributed by atoms with Gasteiger partial charge < -0.3 is 9.80 Å². The molecule has 4 rings (SSSR count). The molecule has 6 heteroatoms. The number of carbonyl (C=O) groups is 1. The number of amides is 1. The van der Waals surface area contributed by atoms with Gasteiger partial charge >= 0.3 is 0 Å². The maximum absolute atomic E-state index is 13.3. The van der Waals surface area contributed by atoms with Crippen molar-refractivity contribution in [2.45, 2.75) is 38.4 Å². The Hall–Kier alpha value is -1.75. The van der Waals surface area contributed by atoms with E-state index in [2.05, 4.69) is 23.1 Å². The second-order valence-corrected chi connectivity index (χ2v) is 8.57. The number of hydrogen-bond acceptors (Lipinski definition) is 3. The van der Waals surface area contributed by atoms with E-state index in [9.17, 15) is 4.79 Å². The summed E-state index contributed by atoms with van der Waals surface area (Å²) in [6, 6.07) is 14.1. The SMILES string of the molecule is CC(C(=O)N1CCN(C2CC2)c2ccccc21)N(C)Cc1cc(Cl)ccc1Cl. The Balaban J connectivity index is 1.51. The van der Waals surface area contributed by atoms with Crippen molar-refractivity contribution in [2.24, 2.45) is 0 Å². The second-order valence-electron chi connectivity index (χ2n) is 7.73. The average Bonchev–Trinajstić information content (AvgIpc) is 3.54. The van der Waals surface area contributed by atoms with Crippen LogP contribution in [0.2, 0.25) is 10.0 Å². The Kier molecular flexibility index (Phi) is 5.55. The molecule has 0 radical (unpaired) electrons. The molecule has 1 heterocycles. The van der Waals surface area contributed by atoms with E-state index in [1.807, 2.05) is 35.9 Å². The fourth-order valence-electron chi connectivity index (χ4n) is 3.86. The highest BCUT2D eigenvalue weighted by molar-refractivity contribution is 6.33. The lowest BCUT2D eigenvalue weighted by Crippen LogP contribution is -2.51. The lowest BCUT2D eigenvalue weighted by Gasteiger charge is -2.40. The number of hydrogen-bond donors (Lipinski definition) is 0. The zero-order valence-corrected chi connectivity index (χ0v) is 17.7. The fraction of sp³-hybridized carbons (Fsp3) is 0.409. The van der Waals surface area contributed by atoms with Crippen LogP contribution in [0.5, 0.6) is 0 Å². The van der Waals surface area contributed by atoms with Crippen LogP contribution in [0.4, 0.5) is 11.4 Å². The molecule has 1 atom stereocenters. The van der Waals surface area contributed by atoms with Crippen molar-refractivity contribution >= 4 is 40.5 Å². The molecule has 0 saturated heterocycles. The van der Waals surface area contributed by atoms with Crippen molar-refractivity contribution in [3.63, 3.8) is 0 Å². The van der Waals surface area contributed by atoms with Gasteiger partial charge in [0.05, 0.1) is 17.4 Å². The highest BCUT2D eigenvalue weighted by atomic mass is 35.5. The summed E-state index contributed by atoms with van der Waals surface area (Å²) in [7, 11) is 1.95. The topological polar surface area (TPSA) is 26.8 Å². The van der Waals surface area contributed by atoms with Gasteiger partial charge in [0.25, 0.3) is 0 Å². The molecule has 1 aliphatic heterocycles. The van der Waals surface area contributed by atoms with Crippen LogP contribution in [0.15, 0.2) is 42.5 Å². The van der Waals surface area contributed by atoms with Gasteiger partial charge in [0.15, 0.2) is 0 Å². The van der Waals surface area contributed by atoms with Crippen molar-refractivity contribution in [1.82, 2.24) is 4.90 Å². The predicted molar refractivity (Wildman–Crippen MR) is 117 cm³/mol. The Morgan fingerprint density at radius 1 is 1.14 bits per heavy atom. The van der Waals surface area contributed by atoms with Crippen molar-refractivity contribution in [2.75, 3.05) is 29.9 Å². The quantitative estimate of drug-likeness (QED) is 0.696. The summed E-state index contributed by atoms with van der Waals surface area (Å²) >= 11 is 12.4. The van der Waals surface area contributed by atoms with E-state index < -0.39 is 0 Å². The highest BCUT2D eigenvalue weighted by Gasteiger charge is 2.36. The molecule has 1 aliphatic carbocycles. The first-order valence-electron chi connectivity index (χ1n) is 9.77. The molecule has 28 heavy (non-hydrogen) atoms. The minimum atomic E-state index is -0.268. The van der Waals surface area contributed by atoms with Gasteiger partial charge in [-0.25, -0.2) is 0 Å². The van der Waals surface area contributed by atoms with Crippen LogP contribution in [0.25, 0.3) is 0 Å². The largest absolute Gasteiger partial charge is 0.365 e. The van der Waals surface area contributed by atoms with Crippen LogP contribution >= 0.6 is 23.2 Å². The molecule has 0 spiro atoms. The lowest BCUT2D eigenvalue weighted by atomic mass is 10.1. The van der Waals surface area contributed by atoms with Crippen LogP contribution in [0, 0.1) is 0 Å². The maximum Gasteiger partial charge on any atom is 0.244 e. The fourth-order valence-corrected chi connectivity index (χ4v) is 4.23. The average molecular weight is 418 g/mol. The molecule has 148 valence electrons. The number of para-hydroxylation sites is 2. The van der Waals surface area contributed by atoms with Crippen LogP contribution in [-0.2, 0) is 11.3 Å². The third-order valence-electron chi connectivity index (χ3n) is 5.75. The van der Waals surface area contributed by atoms with Gasteiger partial charge in [-0.1, -0.05) is 35.3 Å². The zero-order valence-electron chi connectivity index (χ0n) is 16.2. The maximum atomic E-state index is 13.3. The van der Waals surface area contributed by atoms with E-state index in [0.717, 1.165) is 24.3 Å². The normalized spacial score (nSPS) is 17.6. The number of carbonyl (C=O) groups excluding carboxylic acids is 1. The molecule has 1 saturated carbocycles. The van der Waals surface area contributed by atoms with Crippen molar-refractivity contribution in [1.29, 1.82) is 0 Å². The number of fused-ring (bicyclic) bond motifs is 1. The van der Waals surface area contributed by atoms with Crippen molar-refractivity contribution < 1.29 is 4.79 Å². The summed E-state index contributed by atoms with van der Waals surface area (Å²) in [6.07, 6.45) is 2.50. The molecule has 4 nitrogen and oxygen atoms in total. The molecule has 0 N–H and O–H groups in total. The number of benzene rings is 2. The summed E-state index contributed by atoms with van der Waals surface area (Å²) < 4.78 is 0. The summed E-state index contributed by atoms with van der Waals surface area (Å²) in [5.41, 5.74) is 3.12. The van der Waals surface area contributed by atoms with E-state index in [1.165, 1.54) is 18.5 Å². The Labute approximate surface area is 176 Å². The summed E-state index contributed by atoms with van der Waals surface area (Å²) in [5, 5.41) is 1.32. The van der Waals surface area contributed by atoms with E-state index in [1.54, 1.807) is 12.1 Å². The molecule has 1 amide bonds. The zero-order chi connectivity index (χ0) is 19.8. The molecule has 2 aromatic carbocycles. The van der Waals surface area contributed by atoms with Gasteiger partial charge in [0.2, 0.25) is 5.91 Å². The molecule has 1 fully saturated rings.